The molecule has 3 rings (SSSR count). The summed E-state index contributed by atoms with van der Waals surface area (Å²) in [6.45, 7) is 10.5. The van der Waals surface area contributed by atoms with Crippen LogP contribution >= 0.6 is 11.3 Å². The van der Waals surface area contributed by atoms with Gasteiger partial charge in [0.05, 0.1) is 11.2 Å². The minimum absolute atomic E-state index is 0.275. The lowest BCUT2D eigenvalue weighted by Crippen LogP contribution is -2.41. The predicted octanol–water partition coefficient (Wildman–Crippen LogP) is 3.51. The van der Waals surface area contributed by atoms with Crippen LogP contribution in [-0.2, 0) is 9.31 Å². The fraction of sp³-hybridized carbons (Fsp3) is 0.467. The molecule has 2 heterocycles. The number of rotatable bonds is 1. The zero-order valence-electron chi connectivity index (χ0n) is 12.1. The van der Waals surface area contributed by atoms with Gasteiger partial charge in [0.15, 0.2) is 0 Å². The molecule has 1 saturated heterocycles. The number of fused-ring (bicyclic) bond motifs is 1. The monoisotopic (exact) mass is 274 g/mol. The fourth-order valence-corrected chi connectivity index (χ4v) is 3.34. The molecule has 1 aromatic carbocycles. The van der Waals surface area contributed by atoms with Crippen molar-refractivity contribution < 1.29 is 9.31 Å². The highest BCUT2D eigenvalue weighted by Gasteiger charge is 2.52. The molecule has 0 saturated carbocycles. The van der Waals surface area contributed by atoms with E-state index >= 15 is 0 Å². The van der Waals surface area contributed by atoms with Crippen LogP contribution in [0.1, 0.15) is 32.6 Å². The lowest BCUT2D eigenvalue weighted by atomic mass is 9.77. The molecule has 2 aromatic rings. The first-order chi connectivity index (χ1) is 8.80. The SMILES string of the molecule is Cc1cc2c(B3OC(C)(C)C(C)(C)O3)cccc2s1. The zero-order valence-corrected chi connectivity index (χ0v) is 12.9. The second-order valence-electron chi connectivity index (χ2n) is 6.20. The van der Waals surface area contributed by atoms with Crippen LogP contribution in [0.25, 0.3) is 10.1 Å². The van der Waals surface area contributed by atoms with Crippen LogP contribution in [-0.4, -0.2) is 18.3 Å². The molecule has 0 aliphatic carbocycles. The first kappa shape index (κ1) is 13.2. The van der Waals surface area contributed by atoms with Crippen molar-refractivity contribution in [1.82, 2.24) is 0 Å². The highest BCUT2D eigenvalue weighted by molar-refractivity contribution is 7.19. The molecule has 4 heteroatoms. The van der Waals surface area contributed by atoms with E-state index in [2.05, 4.69) is 58.9 Å². The van der Waals surface area contributed by atoms with Crippen molar-refractivity contribution in [2.24, 2.45) is 0 Å². The van der Waals surface area contributed by atoms with Gasteiger partial charge >= 0.3 is 7.12 Å². The Hall–Kier alpha value is -0.835. The Morgan fingerprint density at radius 2 is 1.68 bits per heavy atom. The lowest BCUT2D eigenvalue weighted by molar-refractivity contribution is 0.00578. The van der Waals surface area contributed by atoms with E-state index in [9.17, 15) is 0 Å². The van der Waals surface area contributed by atoms with E-state index in [1.54, 1.807) is 0 Å². The molecule has 0 N–H and O–H groups in total. The summed E-state index contributed by atoms with van der Waals surface area (Å²) in [6, 6.07) is 8.57. The van der Waals surface area contributed by atoms with Gasteiger partial charge in [-0.3, -0.25) is 0 Å². The summed E-state index contributed by atoms with van der Waals surface area (Å²) >= 11 is 1.81. The Morgan fingerprint density at radius 1 is 1.05 bits per heavy atom. The maximum atomic E-state index is 6.15. The number of thiophene rings is 1. The molecule has 19 heavy (non-hydrogen) atoms. The molecule has 0 bridgehead atoms. The summed E-state index contributed by atoms with van der Waals surface area (Å²) in [5, 5.41) is 1.25. The standard InChI is InChI=1S/C15H19BO2S/c1-10-9-11-12(7-6-8-13(11)19-10)16-17-14(2,3)15(4,5)18-16/h6-9H,1-5H3. The maximum Gasteiger partial charge on any atom is 0.495 e. The van der Waals surface area contributed by atoms with Crippen molar-refractivity contribution in [3.63, 3.8) is 0 Å². The molecule has 0 unspecified atom stereocenters. The van der Waals surface area contributed by atoms with Crippen molar-refractivity contribution in [3.8, 4) is 0 Å². The lowest BCUT2D eigenvalue weighted by Gasteiger charge is -2.32. The largest absolute Gasteiger partial charge is 0.495 e. The van der Waals surface area contributed by atoms with Crippen molar-refractivity contribution in [3.05, 3.63) is 29.1 Å². The number of aryl methyl sites for hydroxylation is 1. The average Bonchev–Trinajstić information content (AvgIpc) is 2.75. The van der Waals surface area contributed by atoms with E-state index in [1.807, 2.05) is 11.3 Å². The van der Waals surface area contributed by atoms with Crippen molar-refractivity contribution in [2.45, 2.75) is 45.8 Å². The van der Waals surface area contributed by atoms with Crippen LogP contribution in [0.4, 0.5) is 0 Å². The van der Waals surface area contributed by atoms with E-state index < -0.39 is 0 Å². The van der Waals surface area contributed by atoms with Gasteiger partial charge in [0.1, 0.15) is 0 Å². The van der Waals surface area contributed by atoms with E-state index in [4.69, 9.17) is 9.31 Å². The van der Waals surface area contributed by atoms with Gasteiger partial charge < -0.3 is 9.31 Å². The van der Waals surface area contributed by atoms with Gasteiger partial charge in [0.2, 0.25) is 0 Å². The Morgan fingerprint density at radius 3 is 2.32 bits per heavy atom. The molecule has 1 fully saturated rings. The Bertz CT molecular complexity index is 614. The molecule has 1 aliphatic heterocycles. The zero-order chi connectivity index (χ0) is 13.8. The molecule has 0 atom stereocenters. The summed E-state index contributed by atoms with van der Waals surface area (Å²) in [5.41, 5.74) is 0.566. The Balaban J connectivity index is 2.07. The molecule has 1 aliphatic rings. The fourth-order valence-electron chi connectivity index (χ4n) is 2.39. The third kappa shape index (κ3) is 2.02. The second-order valence-corrected chi connectivity index (χ2v) is 7.49. The molecular formula is C15H19BO2S. The Labute approximate surface area is 118 Å². The normalized spacial score (nSPS) is 21.2. The van der Waals surface area contributed by atoms with Gasteiger partial charge in [0, 0.05) is 9.58 Å². The Kier molecular flexibility index (Phi) is 2.82. The summed E-state index contributed by atoms with van der Waals surface area (Å²) in [7, 11) is -0.275. The van der Waals surface area contributed by atoms with Gasteiger partial charge in [-0.25, -0.2) is 0 Å². The molecule has 1 aromatic heterocycles. The minimum atomic E-state index is -0.287. The van der Waals surface area contributed by atoms with Crippen LogP contribution in [0.2, 0.25) is 0 Å². The minimum Gasteiger partial charge on any atom is -0.399 e. The number of benzene rings is 1. The van der Waals surface area contributed by atoms with Crippen LogP contribution in [0, 0.1) is 6.92 Å². The third-order valence-corrected chi connectivity index (χ3v) is 5.24. The van der Waals surface area contributed by atoms with Crippen LogP contribution in [0.3, 0.4) is 0 Å². The van der Waals surface area contributed by atoms with Gasteiger partial charge in [-0.1, -0.05) is 12.1 Å². The summed E-state index contributed by atoms with van der Waals surface area (Å²) < 4.78 is 13.6. The third-order valence-electron chi connectivity index (χ3n) is 4.23. The molecule has 0 spiro atoms. The van der Waals surface area contributed by atoms with Gasteiger partial charge in [-0.2, -0.15) is 0 Å². The average molecular weight is 274 g/mol. The van der Waals surface area contributed by atoms with Crippen LogP contribution in [0.5, 0.6) is 0 Å². The van der Waals surface area contributed by atoms with Gasteiger partial charge in [-0.05, 0) is 57.6 Å². The maximum absolute atomic E-state index is 6.15. The first-order valence-electron chi connectivity index (χ1n) is 6.65. The number of hydrogen-bond donors (Lipinski definition) is 0. The predicted molar refractivity (Wildman–Crippen MR) is 82.3 cm³/mol. The van der Waals surface area contributed by atoms with Crippen molar-refractivity contribution in [1.29, 1.82) is 0 Å². The van der Waals surface area contributed by atoms with Crippen LogP contribution < -0.4 is 5.46 Å². The van der Waals surface area contributed by atoms with E-state index in [1.165, 1.54) is 15.0 Å². The van der Waals surface area contributed by atoms with Crippen molar-refractivity contribution >= 4 is 34.0 Å². The quantitative estimate of drug-likeness (QED) is 0.741. The molecule has 2 nitrogen and oxygen atoms in total. The summed E-state index contributed by atoms with van der Waals surface area (Å²) in [5.74, 6) is 0. The van der Waals surface area contributed by atoms with E-state index in [0.29, 0.717) is 0 Å². The number of hydrogen-bond acceptors (Lipinski definition) is 3. The van der Waals surface area contributed by atoms with E-state index in [0.717, 1.165) is 5.46 Å². The summed E-state index contributed by atoms with van der Waals surface area (Å²) in [6.07, 6.45) is 0. The van der Waals surface area contributed by atoms with Crippen LogP contribution in [0.15, 0.2) is 24.3 Å². The summed E-state index contributed by atoms with van der Waals surface area (Å²) in [4.78, 5) is 1.32. The molecule has 0 radical (unpaired) electrons. The highest BCUT2D eigenvalue weighted by atomic mass is 32.1. The van der Waals surface area contributed by atoms with Gasteiger partial charge in [0.25, 0.3) is 0 Å². The van der Waals surface area contributed by atoms with E-state index in [-0.39, 0.29) is 18.3 Å². The van der Waals surface area contributed by atoms with Crippen molar-refractivity contribution in [2.75, 3.05) is 0 Å². The molecule has 0 amide bonds. The highest BCUT2D eigenvalue weighted by Crippen LogP contribution is 2.37. The first-order valence-corrected chi connectivity index (χ1v) is 7.46. The second kappa shape index (κ2) is 4.08. The molecular weight excluding hydrogens is 255 g/mol. The van der Waals surface area contributed by atoms with Gasteiger partial charge in [-0.15, -0.1) is 11.3 Å². The smallest absolute Gasteiger partial charge is 0.399 e. The topological polar surface area (TPSA) is 18.5 Å². The molecule has 100 valence electrons.